The van der Waals surface area contributed by atoms with Crippen LogP contribution in [0, 0.1) is 10.1 Å². The van der Waals surface area contributed by atoms with Gasteiger partial charge in [0.1, 0.15) is 0 Å². The number of nitro benzene ring substituents is 1. The average Bonchev–Trinajstić information content (AvgIpc) is 2.19. The lowest BCUT2D eigenvalue weighted by molar-refractivity contribution is -0.386. The van der Waals surface area contributed by atoms with E-state index in [9.17, 15) is 15.2 Å². The van der Waals surface area contributed by atoms with Crippen LogP contribution in [0.2, 0.25) is 0 Å². The Balaban J connectivity index is 3.34. The zero-order valence-electron chi connectivity index (χ0n) is 8.11. The number of phenols is 1. The van der Waals surface area contributed by atoms with E-state index in [1.54, 1.807) is 6.07 Å². The van der Waals surface area contributed by atoms with Gasteiger partial charge < -0.3 is 10.8 Å². The number of benzene rings is 1. The Morgan fingerprint density at radius 1 is 1.67 bits per heavy atom. The van der Waals surface area contributed by atoms with Crippen molar-refractivity contribution in [2.45, 2.75) is 19.4 Å². The van der Waals surface area contributed by atoms with Crippen molar-refractivity contribution in [2.24, 2.45) is 5.73 Å². The second-order valence-corrected chi connectivity index (χ2v) is 4.05. The van der Waals surface area contributed by atoms with Gasteiger partial charge in [0.25, 0.3) is 0 Å². The molecule has 0 spiro atoms. The van der Waals surface area contributed by atoms with Gasteiger partial charge in [-0.2, -0.15) is 0 Å². The van der Waals surface area contributed by atoms with Crippen molar-refractivity contribution in [3.8, 4) is 5.75 Å². The second-order valence-electron chi connectivity index (χ2n) is 3.13. The van der Waals surface area contributed by atoms with E-state index < -0.39 is 11.0 Å². The minimum Gasteiger partial charge on any atom is -0.502 e. The third-order valence-electron chi connectivity index (χ3n) is 2.12. The zero-order valence-corrected chi connectivity index (χ0v) is 9.69. The summed E-state index contributed by atoms with van der Waals surface area (Å²) in [5, 5.41) is 20.3. The van der Waals surface area contributed by atoms with Crippen molar-refractivity contribution in [1.82, 2.24) is 0 Å². The van der Waals surface area contributed by atoms with E-state index in [1.807, 2.05) is 6.92 Å². The van der Waals surface area contributed by atoms with Crippen molar-refractivity contribution in [3.05, 3.63) is 32.3 Å². The lowest BCUT2D eigenvalue weighted by Gasteiger charge is -2.11. The summed E-state index contributed by atoms with van der Waals surface area (Å²) in [6.07, 6.45) is 0.598. The molecule has 0 saturated carbocycles. The Morgan fingerprint density at radius 2 is 2.27 bits per heavy atom. The molecule has 0 fully saturated rings. The van der Waals surface area contributed by atoms with E-state index in [2.05, 4.69) is 15.9 Å². The molecular weight excluding hydrogens is 264 g/mol. The first-order chi connectivity index (χ1) is 6.97. The minimum atomic E-state index is -0.633. The smallest absolute Gasteiger partial charge is 0.312 e. The van der Waals surface area contributed by atoms with E-state index >= 15 is 0 Å². The SMILES string of the molecule is CC[C@@H](N)c1cc(Br)cc([N+](=O)[O-])c1O. The predicted molar refractivity (Wildman–Crippen MR) is 59.7 cm³/mol. The number of nitrogens with two attached hydrogens (primary N) is 1. The summed E-state index contributed by atoms with van der Waals surface area (Å²) in [7, 11) is 0. The van der Waals surface area contributed by atoms with E-state index in [4.69, 9.17) is 5.73 Å². The van der Waals surface area contributed by atoms with Crippen LogP contribution in [0.15, 0.2) is 16.6 Å². The monoisotopic (exact) mass is 274 g/mol. The van der Waals surface area contributed by atoms with Gasteiger partial charge in [-0.3, -0.25) is 10.1 Å². The van der Waals surface area contributed by atoms with Crippen LogP contribution in [-0.4, -0.2) is 10.0 Å². The first-order valence-corrected chi connectivity index (χ1v) is 5.19. The lowest BCUT2D eigenvalue weighted by Crippen LogP contribution is -2.09. The molecule has 0 radical (unpaired) electrons. The summed E-state index contributed by atoms with van der Waals surface area (Å²) < 4.78 is 0.533. The van der Waals surface area contributed by atoms with Gasteiger partial charge in [0.15, 0.2) is 5.75 Å². The number of aromatic hydroxyl groups is 1. The first-order valence-electron chi connectivity index (χ1n) is 4.39. The molecule has 6 heteroatoms. The Hall–Kier alpha value is -1.14. The maximum absolute atomic E-state index is 10.6. The van der Waals surface area contributed by atoms with Crippen LogP contribution in [-0.2, 0) is 0 Å². The van der Waals surface area contributed by atoms with Crippen molar-refractivity contribution < 1.29 is 10.0 Å². The van der Waals surface area contributed by atoms with Crippen LogP contribution >= 0.6 is 15.9 Å². The standard InChI is InChI=1S/C9H11BrN2O3/c1-2-7(11)6-3-5(10)4-8(9(6)13)12(14)15/h3-4,7,13H,2,11H2,1H3/t7-/m1/s1. The highest BCUT2D eigenvalue weighted by atomic mass is 79.9. The van der Waals surface area contributed by atoms with Gasteiger partial charge in [-0.05, 0) is 12.5 Å². The summed E-state index contributed by atoms with van der Waals surface area (Å²) in [5.41, 5.74) is 5.79. The molecule has 1 aromatic carbocycles. The van der Waals surface area contributed by atoms with Crippen LogP contribution in [0.3, 0.4) is 0 Å². The van der Waals surface area contributed by atoms with Gasteiger partial charge in [0, 0.05) is 22.1 Å². The van der Waals surface area contributed by atoms with Crippen molar-refractivity contribution in [3.63, 3.8) is 0 Å². The molecule has 82 valence electrons. The Morgan fingerprint density at radius 3 is 2.73 bits per heavy atom. The maximum Gasteiger partial charge on any atom is 0.312 e. The highest BCUT2D eigenvalue weighted by Crippen LogP contribution is 2.36. The fraction of sp³-hybridized carbons (Fsp3) is 0.333. The molecule has 1 aromatic rings. The normalized spacial score (nSPS) is 12.5. The molecule has 0 amide bonds. The topological polar surface area (TPSA) is 89.4 Å². The number of halogens is 1. The molecule has 0 aliphatic heterocycles. The fourth-order valence-corrected chi connectivity index (χ4v) is 1.71. The zero-order chi connectivity index (χ0) is 11.6. The maximum atomic E-state index is 10.6. The van der Waals surface area contributed by atoms with Gasteiger partial charge in [-0.15, -0.1) is 0 Å². The third-order valence-corrected chi connectivity index (χ3v) is 2.58. The summed E-state index contributed by atoms with van der Waals surface area (Å²) >= 11 is 3.14. The molecule has 0 aliphatic carbocycles. The number of phenolic OH excluding ortho intramolecular Hbond substituents is 1. The Kier molecular flexibility index (Phi) is 3.65. The van der Waals surface area contributed by atoms with E-state index in [-0.39, 0.29) is 11.4 Å². The van der Waals surface area contributed by atoms with Gasteiger partial charge in [-0.25, -0.2) is 0 Å². The summed E-state index contributed by atoms with van der Waals surface area (Å²) in [6.45, 7) is 1.84. The van der Waals surface area contributed by atoms with Crippen molar-refractivity contribution in [2.75, 3.05) is 0 Å². The molecule has 0 saturated heterocycles. The fourth-order valence-electron chi connectivity index (χ4n) is 1.25. The first kappa shape index (κ1) is 11.9. The molecule has 1 atom stereocenters. The van der Waals surface area contributed by atoms with Crippen molar-refractivity contribution in [1.29, 1.82) is 0 Å². The van der Waals surface area contributed by atoms with Crippen LogP contribution in [0.5, 0.6) is 5.75 Å². The van der Waals surface area contributed by atoms with E-state index in [0.29, 0.717) is 16.5 Å². The highest BCUT2D eigenvalue weighted by molar-refractivity contribution is 9.10. The second kappa shape index (κ2) is 4.59. The largest absolute Gasteiger partial charge is 0.502 e. The quantitative estimate of drug-likeness (QED) is 0.655. The molecule has 0 unspecified atom stereocenters. The molecule has 5 nitrogen and oxygen atoms in total. The van der Waals surface area contributed by atoms with Crippen LogP contribution in [0.1, 0.15) is 24.9 Å². The Labute approximate surface area is 95.2 Å². The molecule has 0 bridgehead atoms. The molecule has 0 aliphatic rings. The van der Waals surface area contributed by atoms with Gasteiger partial charge in [0.2, 0.25) is 0 Å². The van der Waals surface area contributed by atoms with Crippen LogP contribution in [0.4, 0.5) is 5.69 Å². The third kappa shape index (κ3) is 2.45. The molecular formula is C9H11BrN2O3. The molecule has 1 rings (SSSR count). The number of nitro groups is 1. The van der Waals surface area contributed by atoms with E-state index in [1.165, 1.54) is 6.07 Å². The number of rotatable bonds is 3. The molecule has 3 N–H and O–H groups in total. The average molecular weight is 275 g/mol. The van der Waals surface area contributed by atoms with Crippen LogP contribution < -0.4 is 5.73 Å². The van der Waals surface area contributed by atoms with Gasteiger partial charge in [0.05, 0.1) is 4.92 Å². The summed E-state index contributed by atoms with van der Waals surface area (Å²) in [6, 6.07) is 2.44. The predicted octanol–water partition coefficient (Wildman–Crippen LogP) is 2.47. The van der Waals surface area contributed by atoms with Gasteiger partial charge >= 0.3 is 5.69 Å². The lowest BCUT2D eigenvalue weighted by atomic mass is 10.0. The summed E-state index contributed by atoms with van der Waals surface area (Å²) in [4.78, 5) is 9.99. The minimum absolute atomic E-state index is 0.330. The molecule has 0 aromatic heterocycles. The van der Waals surface area contributed by atoms with Crippen molar-refractivity contribution >= 4 is 21.6 Å². The summed E-state index contributed by atoms with van der Waals surface area (Å²) in [5.74, 6) is -0.349. The highest BCUT2D eigenvalue weighted by Gasteiger charge is 2.21. The number of nitrogens with zero attached hydrogens (tertiary/aromatic N) is 1. The Bertz CT molecular complexity index is 395. The number of hydrogen-bond acceptors (Lipinski definition) is 4. The van der Waals surface area contributed by atoms with Gasteiger partial charge in [-0.1, -0.05) is 22.9 Å². The van der Waals surface area contributed by atoms with Crippen LogP contribution in [0.25, 0.3) is 0 Å². The molecule has 0 heterocycles. The van der Waals surface area contributed by atoms with E-state index in [0.717, 1.165) is 0 Å². The number of hydrogen-bond donors (Lipinski definition) is 2. The molecule has 15 heavy (non-hydrogen) atoms.